The Balaban J connectivity index is 2.48. The lowest BCUT2D eigenvalue weighted by Crippen LogP contribution is -2.18. The van der Waals surface area contributed by atoms with Gasteiger partial charge in [-0.2, -0.15) is 0 Å². The van der Waals surface area contributed by atoms with Crippen molar-refractivity contribution in [1.82, 2.24) is 0 Å². The van der Waals surface area contributed by atoms with E-state index in [0.717, 1.165) is 18.1 Å². The highest BCUT2D eigenvalue weighted by Gasteiger charge is 2.18. The fourth-order valence-electron chi connectivity index (χ4n) is 2.35. The molecule has 1 aliphatic heterocycles. The van der Waals surface area contributed by atoms with E-state index in [1.54, 1.807) is 0 Å². The highest BCUT2D eigenvalue weighted by Crippen LogP contribution is 2.33. The van der Waals surface area contributed by atoms with Crippen LogP contribution in [0.4, 0.5) is 5.69 Å². The molecule has 1 nitrogen and oxygen atoms in total. The Morgan fingerprint density at radius 2 is 1.73 bits per heavy atom. The summed E-state index contributed by atoms with van der Waals surface area (Å²) in [7, 11) is 0. The topological polar surface area (TPSA) is 3.24 Å². The van der Waals surface area contributed by atoms with Gasteiger partial charge in [-0.1, -0.05) is 29.3 Å². The van der Waals surface area contributed by atoms with Gasteiger partial charge in [-0.05, 0) is 44.4 Å². The maximum absolute atomic E-state index is 6.18. The Labute approximate surface area is 96.4 Å². The van der Waals surface area contributed by atoms with Crippen LogP contribution in [0.15, 0.2) is 23.4 Å². The second-order valence-corrected chi connectivity index (χ2v) is 4.60. The molecule has 0 radical (unpaired) electrons. The number of rotatable bonds is 1. The van der Waals surface area contributed by atoms with Gasteiger partial charge in [-0.3, -0.25) is 0 Å². The minimum absolute atomic E-state index is 0.866. The van der Waals surface area contributed by atoms with E-state index in [4.69, 9.17) is 11.6 Å². The van der Waals surface area contributed by atoms with Gasteiger partial charge in [0.1, 0.15) is 5.16 Å². The summed E-state index contributed by atoms with van der Waals surface area (Å²) in [5.41, 5.74) is 5.20. The predicted octanol–water partition coefficient (Wildman–Crippen LogP) is 3.90. The van der Waals surface area contributed by atoms with E-state index in [-0.39, 0.29) is 0 Å². The van der Waals surface area contributed by atoms with E-state index in [0.29, 0.717) is 0 Å². The lowest BCUT2D eigenvalue weighted by Gasteiger charge is -2.23. The first-order chi connectivity index (χ1) is 7.09. The summed E-state index contributed by atoms with van der Waals surface area (Å²) in [5.74, 6) is 0. The molecule has 0 spiro atoms. The molecule has 1 aliphatic rings. The number of hydrogen-bond acceptors (Lipinski definition) is 1. The van der Waals surface area contributed by atoms with Crippen molar-refractivity contribution in [3.05, 3.63) is 40.1 Å². The van der Waals surface area contributed by atoms with Crippen molar-refractivity contribution in [2.24, 2.45) is 0 Å². The normalized spacial score (nSPS) is 15.7. The van der Waals surface area contributed by atoms with E-state index in [9.17, 15) is 0 Å². The SMILES string of the molecule is Cc1cc(C)c(N2CCC=C2Cl)c(C)c1. The van der Waals surface area contributed by atoms with Crippen molar-refractivity contribution < 1.29 is 0 Å². The van der Waals surface area contributed by atoms with Crippen LogP contribution in [-0.2, 0) is 0 Å². The molecule has 1 heterocycles. The first kappa shape index (κ1) is 10.6. The number of anilines is 1. The number of aryl methyl sites for hydroxylation is 3. The Hall–Kier alpha value is -0.950. The molecule has 0 saturated carbocycles. The third-order valence-electron chi connectivity index (χ3n) is 2.83. The minimum atomic E-state index is 0.866. The van der Waals surface area contributed by atoms with Crippen LogP contribution in [0.3, 0.4) is 0 Å². The summed E-state index contributed by atoms with van der Waals surface area (Å²) >= 11 is 6.18. The van der Waals surface area contributed by atoms with Crippen LogP contribution in [0.25, 0.3) is 0 Å². The van der Waals surface area contributed by atoms with Gasteiger partial charge >= 0.3 is 0 Å². The quantitative estimate of drug-likeness (QED) is 0.651. The van der Waals surface area contributed by atoms with Crippen LogP contribution in [0.1, 0.15) is 23.1 Å². The van der Waals surface area contributed by atoms with Crippen molar-refractivity contribution in [1.29, 1.82) is 0 Å². The lowest BCUT2D eigenvalue weighted by atomic mass is 10.0. The van der Waals surface area contributed by atoms with E-state index in [2.05, 4.69) is 43.9 Å². The minimum Gasteiger partial charge on any atom is -0.332 e. The predicted molar refractivity (Wildman–Crippen MR) is 66.6 cm³/mol. The molecule has 0 aliphatic carbocycles. The maximum Gasteiger partial charge on any atom is 0.105 e. The molecule has 1 aromatic rings. The molecule has 0 bridgehead atoms. The Bertz CT molecular complexity index is 398. The van der Waals surface area contributed by atoms with Crippen molar-refractivity contribution in [2.45, 2.75) is 27.2 Å². The number of halogens is 1. The average molecular weight is 222 g/mol. The molecule has 2 rings (SSSR count). The van der Waals surface area contributed by atoms with Crippen LogP contribution >= 0.6 is 11.6 Å². The Morgan fingerprint density at radius 3 is 2.20 bits per heavy atom. The fraction of sp³-hybridized carbons (Fsp3) is 0.385. The molecule has 0 saturated heterocycles. The molecule has 0 atom stereocenters. The molecular weight excluding hydrogens is 206 g/mol. The van der Waals surface area contributed by atoms with E-state index in [1.807, 2.05) is 0 Å². The van der Waals surface area contributed by atoms with Crippen LogP contribution < -0.4 is 4.90 Å². The summed E-state index contributed by atoms with van der Waals surface area (Å²) in [6.45, 7) is 7.43. The first-order valence-corrected chi connectivity index (χ1v) is 5.68. The Morgan fingerprint density at radius 1 is 1.13 bits per heavy atom. The first-order valence-electron chi connectivity index (χ1n) is 5.30. The average Bonchev–Trinajstić information content (AvgIpc) is 2.50. The second-order valence-electron chi connectivity index (χ2n) is 4.21. The van der Waals surface area contributed by atoms with Gasteiger partial charge in [-0.15, -0.1) is 0 Å². The van der Waals surface area contributed by atoms with Crippen molar-refractivity contribution in [2.75, 3.05) is 11.4 Å². The highest BCUT2D eigenvalue weighted by molar-refractivity contribution is 6.31. The summed E-state index contributed by atoms with van der Waals surface area (Å²) < 4.78 is 0. The monoisotopic (exact) mass is 221 g/mol. The number of hydrogen-bond donors (Lipinski definition) is 0. The van der Waals surface area contributed by atoms with Crippen LogP contribution in [0.5, 0.6) is 0 Å². The molecule has 2 heteroatoms. The fourth-order valence-corrected chi connectivity index (χ4v) is 2.62. The molecule has 0 N–H and O–H groups in total. The van der Waals surface area contributed by atoms with E-state index < -0.39 is 0 Å². The smallest absolute Gasteiger partial charge is 0.105 e. The molecule has 0 aromatic heterocycles. The Kier molecular flexibility index (Phi) is 2.74. The van der Waals surface area contributed by atoms with E-state index in [1.165, 1.54) is 22.4 Å². The van der Waals surface area contributed by atoms with Crippen molar-refractivity contribution in [3.63, 3.8) is 0 Å². The zero-order valence-corrected chi connectivity index (χ0v) is 10.2. The third-order valence-corrected chi connectivity index (χ3v) is 3.19. The van der Waals surface area contributed by atoms with Crippen molar-refractivity contribution in [3.8, 4) is 0 Å². The maximum atomic E-state index is 6.18. The molecular formula is C13H16ClN. The van der Waals surface area contributed by atoms with Crippen LogP contribution in [0.2, 0.25) is 0 Å². The molecule has 0 amide bonds. The van der Waals surface area contributed by atoms with Crippen molar-refractivity contribution >= 4 is 17.3 Å². The van der Waals surface area contributed by atoms with Gasteiger partial charge in [0, 0.05) is 12.2 Å². The largest absolute Gasteiger partial charge is 0.332 e. The number of nitrogens with zero attached hydrogens (tertiary/aromatic N) is 1. The number of benzene rings is 1. The van der Waals surface area contributed by atoms with Gasteiger partial charge in [-0.25, -0.2) is 0 Å². The summed E-state index contributed by atoms with van der Waals surface area (Å²) in [5, 5.41) is 0.866. The van der Waals surface area contributed by atoms with E-state index >= 15 is 0 Å². The van der Waals surface area contributed by atoms with Gasteiger partial charge in [0.25, 0.3) is 0 Å². The second kappa shape index (κ2) is 3.90. The summed E-state index contributed by atoms with van der Waals surface area (Å²) in [6.07, 6.45) is 3.13. The zero-order valence-electron chi connectivity index (χ0n) is 9.47. The van der Waals surface area contributed by atoms with Gasteiger partial charge in [0.15, 0.2) is 0 Å². The lowest BCUT2D eigenvalue weighted by molar-refractivity contribution is 0.978. The van der Waals surface area contributed by atoms with Gasteiger partial charge in [0.05, 0.1) is 0 Å². The molecule has 15 heavy (non-hydrogen) atoms. The van der Waals surface area contributed by atoms with Crippen LogP contribution in [-0.4, -0.2) is 6.54 Å². The summed E-state index contributed by atoms with van der Waals surface area (Å²) in [6, 6.07) is 4.43. The molecule has 0 unspecified atom stereocenters. The standard InChI is InChI=1S/C13H16ClN/c1-9-7-10(2)13(11(3)8-9)15-6-4-5-12(15)14/h5,7-8H,4,6H2,1-3H3. The molecule has 1 aromatic carbocycles. The summed E-state index contributed by atoms with van der Waals surface area (Å²) in [4.78, 5) is 2.20. The van der Waals surface area contributed by atoms with Crippen LogP contribution in [0, 0.1) is 20.8 Å². The molecule has 0 fully saturated rings. The third kappa shape index (κ3) is 1.89. The molecule has 80 valence electrons. The van der Waals surface area contributed by atoms with Gasteiger partial charge < -0.3 is 4.90 Å². The van der Waals surface area contributed by atoms with Gasteiger partial charge in [0.2, 0.25) is 0 Å². The highest BCUT2D eigenvalue weighted by atomic mass is 35.5. The zero-order chi connectivity index (χ0) is 11.0.